The summed E-state index contributed by atoms with van der Waals surface area (Å²) < 4.78 is 29.3. The molecule has 5 rings (SSSR count). The fraction of sp³-hybridized carbons (Fsp3) is 0.583. The third kappa shape index (κ3) is 9.17. The summed E-state index contributed by atoms with van der Waals surface area (Å²) >= 11 is 0. The maximum absolute atomic E-state index is 13.2. The molecule has 2 aliphatic heterocycles. The van der Waals surface area contributed by atoms with Crippen molar-refractivity contribution in [2.45, 2.75) is 76.9 Å². The first kappa shape index (κ1) is 35.0. The van der Waals surface area contributed by atoms with Crippen LogP contribution in [-0.2, 0) is 33.3 Å². The molecular formula is C36H49N3O8. The Morgan fingerprint density at radius 1 is 0.872 bits per heavy atom. The molecule has 1 spiro atoms. The van der Waals surface area contributed by atoms with E-state index in [4.69, 9.17) is 29.4 Å². The van der Waals surface area contributed by atoms with Gasteiger partial charge in [0.05, 0.1) is 31.8 Å². The van der Waals surface area contributed by atoms with Gasteiger partial charge in [-0.1, -0.05) is 62.4 Å². The monoisotopic (exact) mass is 651 g/mol. The smallest absolute Gasteiger partial charge is 0.407 e. The Balaban J connectivity index is 1.07. The minimum atomic E-state index is -0.907. The summed E-state index contributed by atoms with van der Waals surface area (Å²) in [6.45, 7) is 6.73. The number of ketones is 1. The standard InChI is InChI=1S/C36H49N3O8/c1-24(2)31(40)16-15-30(39-35(42)43-19-29-27-11-5-3-9-25(27)26-10-4-6-12-28(26)29)34(41)38-18-8-14-33-46-22-36(23-47-33)20-44-32(45-21-36)13-7-17-37/h3-6,9-12,24,29-30,32-33H,7-8,13-23,37H2,1-2H3,(H,38,41)(H,39,42). The van der Waals surface area contributed by atoms with E-state index in [1.807, 2.05) is 38.1 Å². The van der Waals surface area contributed by atoms with E-state index in [9.17, 15) is 14.4 Å². The fourth-order valence-electron chi connectivity index (χ4n) is 6.27. The van der Waals surface area contributed by atoms with Crippen LogP contribution in [0.2, 0.25) is 0 Å². The number of hydrogen-bond donors (Lipinski definition) is 3. The van der Waals surface area contributed by atoms with Gasteiger partial charge >= 0.3 is 6.09 Å². The van der Waals surface area contributed by atoms with Crippen LogP contribution in [0.25, 0.3) is 11.1 Å². The van der Waals surface area contributed by atoms with Gasteiger partial charge < -0.3 is 40.1 Å². The van der Waals surface area contributed by atoms with E-state index < -0.39 is 12.1 Å². The summed E-state index contributed by atoms with van der Waals surface area (Å²) in [6.07, 6.45) is 1.89. The second kappa shape index (κ2) is 16.7. The molecule has 0 aromatic heterocycles. The average Bonchev–Trinajstić information content (AvgIpc) is 3.41. The molecule has 47 heavy (non-hydrogen) atoms. The van der Waals surface area contributed by atoms with Gasteiger partial charge in [0, 0.05) is 31.2 Å². The third-order valence-corrected chi connectivity index (χ3v) is 9.14. The zero-order valence-electron chi connectivity index (χ0n) is 27.5. The summed E-state index contributed by atoms with van der Waals surface area (Å²) in [5, 5.41) is 5.62. The number of ether oxygens (including phenoxy) is 5. The highest BCUT2D eigenvalue weighted by Crippen LogP contribution is 2.44. The van der Waals surface area contributed by atoms with E-state index in [0.717, 1.165) is 35.1 Å². The van der Waals surface area contributed by atoms with Crippen LogP contribution in [0, 0.1) is 11.3 Å². The van der Waals surface area contributed by atoms with E-state index in [2.05, 4.69) is 34.9 Å². The van der Waals surface area contributed by atoms with E-state index >= 15 is 0 Å². The molecule has 2 aromatic carbocycles. The molecule has 2 saturated heterocycles. The van der Waals surface area contributed by atoms with Crippen LogP contribution >= 0.6 is 0 Å². The first-order valence-electron chi connectivity index (χ1n) is 16.9. The second-order valence-corrected chi connectivity index (χ2v) is 13.1. The van der Waals surface area contributed by atoms with Gasteiger partial charge in [-0.05, 0) is 54.5 Å². The molecule has 4 N–H and O–H groups in total. The number of hydrogen-bond acceptors (Lipinski definition) is 9. The zero-order chi connectivity index (χ0) is 33.2. The Bertz CT molecular complexity index is 1300. The van der Waals surface area contributed by atoms with Crippen molar-refractivity contribution in [3.8, 4) is 11.1 Å². The number of nitrogens with two attached hydrogens (primary N) is 1. The number of carbonyl (C=O) groups excluding carboxylic acids is 3. The van der Waals surface area contributed by atoms with Crippen LogP contribution < -0.4 is 16.4 Å². The van der Waals surface area contributed by atoms with Crippen molar-refractivity contribution in [3.63, 3.8) is 0 Å². The van der Waals surface area contributed by atoms with Crippen LogP contribution in [-0.4, -0.2) is 82.5 Å². The molecule has 0 bridgehead atoms. The Hall–Kier alpha value is -3.35. The molecule has 2 heterocycles. The zero-order valence-corrected chi connectivity index (χ0v) is 27.5. The van der Waals surface area contributed by atoms with Crippen molar-refractivity contribution in [1.82, 2.24) is 10.6 Å². The normalized spacial score (nSPS) is 22.8. The van der Waals surface area contributed by atoms with Crippen molar-refractivity contribution in [1.29, 1.82) is 0 Å². The number of carbonyl (C=O) groups is 3. The van der Waals surface area contributed by atoms with Crippen LogP contribution in [0.1, 0.15) is 69.4 Å². The maximum Gasteiger partial charge on any atom is 0.407 e. The van der Waals surface area contributed by atoms with Gasteiger partial charge in [-0.25, -0.2) is 4.79 Å². The number of alkyl carbamates (subject to hydrolysis) is 1. The number of benzene rings is 2. The van der Waals surface area contributed by atoms with Crippen LogP contribution in [0.3, 0.4) is 0 Å². The Morgan fingerprint density at radius 2 is 1.43 bits per heavy atom. The summed E-state index contributed by atoms with van der Waals surface area (Å²) in [4.78, 5) is 38.6. The third-order valence-electron chi connectivity index (χ3n) is 9.14. The highest BCUT2D eigenvalue weighted by atomic mass is 16.7. The minimum absolute atomic E-state index is 0.0290. The molecular weight excluding hydrogens is 602 g/mol. The van der Waals surface area contributed by atoms with Gasteiger partial charge in [-0.15, -0.1) is 0 Å². The summed E-state index contributed by atoms with van der Waals surface area (Å²) in [7, 11) is 0. The molecule has 2 aromatic rings. The van der Waals surface area contributed by atoms with E-state index in [1.54, 1.807) is 0 Å². The lowest BCUT2D eigenvalue weighted by Crippen LogP contribution is -2.52. The van der Waals surface area contributed by atoms with E-state index in [-0.39, 0.29) is 61.0 Å². The lowest BCUT2D eigenvalue weighted by Gasteiger charge is -2.43. The maximum atomic E-state index is 13.2. The van der Waals surface area contributed by atoms with Crippen LogP contribution in [0.15, 0.2) is 48.5 Å². The molecule has 1 unspecified atom stereocenters. The quantitative estimate of drug-likeness (QED) is 0.240. The molecule has 2 fully saturated rings. The molecule has 3 aliphatic rings. The molecule has 2 amide bonds. The van der Waals surface area contributed by atoms with Gasteiger partial charge in [0.15, 0.2) is 12.6 Å². The number of nitrogens with one attached hydrogen (secondary N) is 2. The van der Waals surface area contributed by atoms with Crippen LogP contribution in [0.5, 0.6) is 0 Å². The highest BCUT2D eigenvalue weighted by molar-refractivity contribution is 5.87. The summed E-state index contributed by atoms with van der Waals surface area (Å²) in [5.74, 6) is -0.591. The predicted molar refractivity (Wildman–Crippen MR) is 175 cm³/mol. The first-order valence-corrected chi connectivity index (χ1v) is 16.9. The number of rotatable bonds is 15. The number of amides is 2. The lowest BCUT2D eigenvalue weighted by molar-refractivity contribution is -0.304. The molecule has 0 saturated carbocycles. The van der Waals surface area contributed by atoms with Gasteiger partial charge in [0.1, 0.15) is 18.4 Å². The average molecular weight is 652 g/mol. The first-order chi connectivity index (χ1) is 22.8. The SMILES string of the molecule is CC(C)C(=O)CCC(NC(=O)OCC1c2ccccc2-c2ccccc21)C(=O)NCCCC1OCC2(COC(CCCN)OC2)CO1. The van der Waals surface area contributed by atoms with Gasteiger partial charge in [-0.3, -0.25) is 9.59 Å². The molecule has 256 valence electrons. The van der Waals surface area contributed by atoms with Crippen LogP contribution in [0.4, 0.5) is 4.79 Å². The topological polar surface area (TPSA) is 147 Å². The van der Waals surface area contributed by atoms with Crippen molar-refractivity contribution >= 4 is 17.8 Å². The molecule has 0 radical (unpaired) electrons. The highest BCUT2D eigenvalue weighted by Gasteiger charge is 2.41. The Labute approximate surface area is 277 Å². The largest absolute Gasteiger partial charge is 0.449 e. The van der Waals surface area contributed by atoms with Crippen molar-refractivity contribution in [3.05, 3.63) is 59.7 Å². The molecule has 11 heteroatoms. The summed E-state index contributed by atoms with van der Waals surface area (Å²) in [5.41, 5.74) is 9.74. The molecule has 1 atom stereocenters. The minimum Gasteiger partial charge on any atom is -0.449 e. The Kier molecular flexibility index (Phi) is 12.4. The van der Waals surface area contributed by atoms with E-state index in [0.29, 0.717) is 52.4 Å². The summed E-state index contributed by atoms with van der Waals surface area (Å²) in [6, 6.07) is 15.3. The predicted octanol–water partition coefficient (Wildman–Crippen LogP) is 4.27. The van der Waals surface area contributed by atoms with Crippen molar-refractivity contribution in [2.24, 2.45) is 17.1 Å². The Morgan fingerprint density at radius 3 is 1.98 bits per heavy atom. The second-order valence-electron chi connectivity index (χ2n) is 13.1. The molecule has 11 nitrogen and oxygen atoms in total. The van der Waals surface area contributed by atoms with E-state index in [1.165, 1.54) is 0 Å². The number of fused-ring (bicyclic) bond motifs is 3. The van der Waals surface area contributed by atoms with Gasteiger partial charge in [-0.2, -0.15) is 0 Å². The molecule has 1 aliphatic carbocycles. The van der Waals surface area contributed by atoms with Crippen molar-refractivity contribution in [2.75, 3.05) is 46.1 Å². The van der Waals surface area contributed by atoms with Gasteiger partial charge in [0.25, 0.3) is 0 Å². The lowest BCUT2D eigenvalue weighted by atomic mass is 9.90. The van der Waals surface area contributed by atoms with Crippen molar-refractivity contribution < 1.29 is 38.1 Å². The number of Topliss-reactive ketones (excluding diaryl/α,β-unsaturated/α-hetero) is 1. The van der Waals surface area contributed by atoms with Gasteiger partial charge in [0.2, 0.25) is 5.91 Å². The fourth-order valence-corrected chi connectivity index (χ4v) is 6.27.